The molecule has 6 nitrogen and oxygen atoms in total. The van der Waals surface area contributed by atoms with E-state index in [1.807, 2.05) is 0 Å². The fourth-order valence-corrected chi connectivity index (χ4v) is 2.90. The van der Waals surface area contributed by atoms with Gasteiger partial charge in [-0.05, 0) is 24.3 Å². The molecule has 2 rings (SSSR count). The highest BCUT2D eigenvalue weighted by Gasteiger charge is 2.21. The summed E-state index contributed by atoms with van der Waals surface area (Å²) in [5.41, 5.74) is 0.107. The van der Waals surface area contributed by atoms with Crippen LogP contribution in [-0.2, 0) is 10.0 Å². The van der Waals surface area contributed by atoms with Crippen molar-refractivity contribution < 1.29 is 17.5 Å². The van der Waals surface area contributed by atoms with E-state index < -0.39 is 15.8 Å². The van der Waals surface area contributed by atoms with E-state index in [0.717, 1.165) is 6.07 Å². The molecular weight excluding hydrogens is 297 g/mol. The van der Waals surface area contributed by atoms with E-state index in [4.69, 9.17) is 4.74 Å². The first-order chi connectivity index (χ1) is 9.97. The second-order valence-electron chi connectivity index (χ2n) is 4.06. The molecule has 0 aliphatic rings. The Bertz CT molecular complexity index is 750. The van der Waals surface area contributed by atoms with Crippen molar-refractivity contribution in [2.24, 2.45) is 0 Å². The molecule has 0 bridgehead atoms. The van der Waals surface area contributed by atoms with Crippen LogP contribution in [0.5, 0.6) is 5.75 Å². The third-order valence-electron chi connectivity index (χ3n) is 2.71. The first kappa shape index (κ1) is 15.0. The van der Waals surface area contributed by atoms with E-state index >= 15 is 0 Å². The van der Waals surface area contributed by atoms with Crippen molar-refractivity contribution in [3.8, 4) is 5.75 Å². The van der Waals surface area contributed by atoms with Crippen molar-refractivity contribution in [2.45, 2.75) is 5.03 Å². The summed E-state index contributed by atoms with van der Waals surface area (Å²) in [5, 5.41) is 2.51. The lowest BCUT2D eigenvalue weighted by molar-refractivity contribution is 0.414. The second kappa shape index (κ2) is 5.96. The van der Waals surface area contributed by atoms with Gasteiger partial charge >= 0.3 is 0 Å². The van der Waals surface area contributed by atoms with Crippen molar-refractivity contribution in [1.29, 1.82) is 0 Å². The summed E-state index contributed by atoms with van der Waals surface area (Å²) in [6, 6.07) is 6.93. The van der Waals surface area contributed by atoms with Gasteiger partial charge in [-0.15, -0.1) is 0 Å². The SMILES string of the molecule is CNc1cccnc1S(=O)(=O)Nc1cc(OC)ccc1F. The van der Waals surface area contributed by atoms with Crippen LogP contribution < -0.4 is 14.8 Å². The number of benzene rings is 1. The Morgan fingerprint density at radius 2 is 2.00 bits per heavy atom. The van der Waals surface area contributed by atoms with Crippen LogP contribution >= 0.6 is 0 Å². The average molecular weight is 311 g/mol. The topological polar surface area (TPSA) is 80.3 Å². The van der Waals surface area contributed by atoms with Gasteiger partial charge in [-0.3, -0.25) is 4.72 Å². The Balaban J connectivity index is 2.42. The molecule has 0 aliphatic carbocycles. The Kier molecular flexibility index (Phi) is 4.27. The number of hydrogen-bond donors (Lipinski definition) is 2. The minimum Gasteiger partial charge on any atom is -0.497 e. The molecule has 2 N–H and O–H groups in total. The van der Waals surface area contributed by atoms with Crippen LogP contribution in [0.1, 0.15) is 0 Å². The zero-order valence-electron chi connectivity index (χ0n) is 11.4. The summed E-state index contributed by atoms with van der Waals surface area (Å²) in [7, 11) is -1.05. The first-order valence-corrected chi connectivity index (χ1v) is 7.45. The second-order valence-corrected chi connectivity index (χ2v) is 5.66. The normalized spacial score (nSPS) is 11.0. The molecule has 0 spiro atoms. The smallest absolute Gasteiger partial charge is 0.281 e. The fraction of sp³-hybridized carbons (Fsp3) is 0.154. The van der Waals surface area contributed by atoms with Gasteiger partial charge in [-0.1, -0.05) is 0 Å². The number of nitrogens with one attached hydrogen (secondary N) is 2. The highest BCUT2D eigenvalue weighted by Crippen LogP contribution is 2.25. The van der Waals surface area contributed by atoms with E-state index in [1.54, 1.807) is 19.2 Å². The van der Waals surface area contributed by atoms with Crippen molar-refractivity contribution in [1.82, 2.24) is 4.98 Å². The average Bonchev–Trinajstić information content (AvgIpc) is 2.49. The van der Waals surface area contributed by atoms with Crippen LogP contribution in [0.2, 0.25) is 0 Å². The van der Waals surface area contributed by atoms with E-state index in [-0.39, 0.29) is 10.7 Å². The lowest BCUT2D eigenvalue weighted by Gasteiger charge is -2.12. The van der Waals surface area contributed by atoms with Crippen molar-refractivity contribution in [2.75, 3.05) is 24.2 Å². The lowest BCUT2D eigenvalue weighted by atomic mass is 10.3. The number of methoxy groups -OCH3 is 1. The summed E-state index contributed by atoms with van der Waals surface area (Å²) in [6.07, 6.45) is 1.34. The van der Waals surface area contributed by atoms with Gasteiger partial charge in [0.2, 0.25) is 0 Å². The van der Waals surface area contributed by atoms with E-state index in [0.29, 0.717) is 11.4 Å². The number of aromatic nitrogens is 1. The largest absolute Gasteiger partial charge is 0.497 e. The summed E-state index contributed by atoms with van der Waals surface area (Å²) >= 11 is 0. The summed E-state index contributed by atoms with van der Waals surface area (Å²) in [6.45, 7) is 0. The maximum atomic E-state index is 13.7. The van der Waals surface area contributed by atoms with Crippen LogP contribution in [0.4, 0.5) is 15.8 Å². The van der Waals surface area contributed by atoms with E-state index in [9.17, 15) is 12.8 Å². The molecule has 0 amide bonds. The van der Waals surface area contributed by atoms with Crippen molar-refractivity contribution >= 4 is 21.4 Å². The predicted molar refractivity (Wildman–Crippen MR) is 77.5 cm³/mol. The Hall–Kier alpha value is -2.35. The van der Waals surface area contributed by atoms with Gasteiger partial charge in [0.05, 0.1) is 18.5 Å². The highest BCUT2D eigenvalue weighted by molar-refractivity contribution is 7.92. The molecule has 0 saturated heterocycles. The maximum Gasteiger partial charge on any atom is 0.281 e. The van der Waals surface area contributed by atoms with Crippen LogP contribution in [0.3, 0.4) is 0 Å². The number of ether oxygens (including phenoxy) is 1. The molecule has 8 heteroatoms. The maximum absolute atomic E-state index is 13.7. The monoisotopic (exact) mass is 311 g/mol. The van der Waals surface area contributed by atoms with Gasteiger partial charge < -0.3 is 10.1 Å². The molecule has 0 aliphatic heterocycles. The van der Waals surface area contributed by atoms with Crippen LogP contribution in [0, 0.1) is 5.82 Å². The molecule has 2 aromatic rings. The molecule has 112 valence electrons. The van der Waals surface area contributed by atoms with Gasteiger partial charge in [0.25, 0.3) is 10.0 Å². The summed E-state index contributed by atoms with van der Waals surface area (Å²) in [4.78, 5) is 3.82. The third kappa shape index (κ3) is 3.22. The molecule has 1 aromatic carbocycles. The standard InChI is InChI=1S/C13H14FN3O3S/c1-15-11-4-3-7-16-13(11)21(18,19)17-12-8-9(20-2)5-6-10(12)14/h3-8,15,17H,1-2H3. The number of rotatable bonds is 5. The highest BCUT2D eigenvalue weighted by atomic mass is 32.2. The fourth-order valence-electron chi connectivity index (χ4n) is 1.70. The molecule has 0 atom stereocenters. The minimum atomic E-state index is -4.02. The quantitative estimate of drug-likeness (QED) is 0.883. The summed E-state index contributed by atoms with van der Waals surface area (Å²) in [5.74, 6) is -0.370. The molecule has 0 radical (unpaired) electrons. The molecule has 1 heterocycles. The van der Waals surface area contributed by atoms with Gasteiger partial charge in [-0.2, -0.15) is 8.42 Å². The summed E-state index contributed by atoms with van der Waals surface area (Å²) < 4.78 is 45.5. The van der Waals surface area contributed by atoms with E-state index in [1.165, 1.54) is 25.4 Å². The van der Waals surface area contributed by atoms with Gasteiger partial charge in [-0.25, -0.2) is 9.37 Å². The molecular formula is C13H14FN3O3S. The lowest BCUT2D eigenvalue weighted by Crippen LogP contribution is -2.17. The number of sulfonamides is 1. The van der Waals surface area contributed by atoms with Gasteiger partial charge in [0, 0.05) is 19.3 Å². The molecule has 0 fully saturated rings. The number of halogens is 1. The Morgan fingerprint density at radius 3 is 2.67 bits per heavy atom. The minimum absolute atomic E-state index is 0.206. The van der Waals surface area contributed by atoms with Crippen LogP contribution in [0.25, 0.3) is 0 Å². The number of nitrogens with zero attached hydrogens (tertiary/aromatic N) is 1. The van der Waals surface area contributed by atoms with Crippen LogP contribution in [0.15, 0.2) is 41.6 Å². The first-order valence-electron chi connectivity index (χ1n) is 5.97. The predicted octanol–water partition coefficient (Wildman–Crippen LogP) is 2.07. The van der Waals surface area contributed by atoms with Gasteiger partial charge in [0.15, 0.2) is 5.03 Å². The third-order valence-corrected chi connectivity index (χ3v) is 4.04. The molecule has 0 saturated carbocycles. The van der Waals surface area contributed by atoms with E-state index in [2.05, 4.69) is 15.0 Å². The van der Waals surface area contributed by atoms with Crippen LogP contribution in [-0.4, -0.2) is 27.6 Å². The molecule has 0 unspecified atom stereocenters. The Morgan fingerprint density at radius 1 is 1.24 bits per heavy atom. The number of pyridine rings is 1. The molecule has 1 aromatic heterocycles. The molecule has 21 heavy (non-hydrogen) atoms. The zero-order valence-corrected chi connectivity index (χ0v) is 12.2. The zero-order chi connectivity index (χ0) is 15.5. The van der Waals surface area contributed by atoms with Crippen molar-refractivity contribution in [3.05, 3.63) is 42.3 Å². The van der Waals surface area contributed by atoms with Crippen molar-refractivity contribution in [3.63, 3.8) is 0 Å². The number of anilines is 2. The number of hydrogen-bond acceptors (Lipinski definition) is 5. The Labute approximate surface area is 122 Å². The van der Waals surface area contributed by atoms with Gasteiger partial charge in [0.1, 0.15) is 11.6 Å².